The van der Waals surface area contributed by atoms with Crippen molar-refractivity contribution >= 4 is 17.7 Å². The Hall–Kier alpha value is -1.86. The first kappa shape index (κ1) is 15.5. The van der Waals surface area contributed by atoms with E-state index < -0.39 is 0 Å². The fourth-order valence-corrected chi connectivity index (χ4v) is 2.60. The van der Waals surface area contributed by atoms with E-state index in [1.165, 1.54) is 11.8 Å². The van der Waals surface area contributed by atoms with Crippen molar-refractivity contribution in [1.82, 2.24) is 20.1 Å². The van der Waals surface area contributed by atoms with Gasteiger partial charge in [-0.3, -0.25) is 9.48 Å². The number of aryl methyl sites for hydroxylation is 1. The van der Waals surface area contributed by atoms with E-state index in [4.69, 9.17) is 4.74 Å². The van der Waals surface area contributed by atoms with Crippen molar-refractivity contribution in [2.75, 3.05) is 20.0 Å². The zero-order valence-electron chi connectivity index (χ0n) is 12.2. The van der Waals surface area contributed by atoms with E-state index in [1.54, 1.807) is 36.3 Å². The molecule has 0 radical (unpaired) electrons. The van der Waals surface area contributed by atoms with Crippen LogP contribution in [0.5, 0.6) is 0 Å². The van der Waals surface area contributed by atoms with Crippen LogP contribution in [0.25, 0.3) is 0 Å². The van der Waals surface area contributed by atoms with Crippen molar-refractivity contribution in [3.8, 4) is 0 Å². The lowest BCUT2D eigenvalue weighted by Crippen LogP contribution is -2.33. The van der Waals surface area contributed by atoms with Crippen LogP contribution < -0.4 is 5.32 Å². The highest BCUT2D eigenvalue weighted by molar-refractivity contribution is 7.98. The molecule has 1 amide bonds. The van der Waals surface area contributed by atoms with Crippen LogP contribution in [0.4, 0.5) is 0 Å². The highest BCUT2D eigenvalue weighted by atomic mass is 32.2. The molecule has 7 heteroatoms. The van der Waals surface area contributed by atoms with Gasteiger partial charge in [-0.05, 0) is 24.5 Å². The summed E-state index contributed by atoms with van der Waals surface area (Å²) in [6, 6.07) is 5.12. The molecular weight excluding hydrogens is 288 g/mol. The van der Waals surface area contributed by atoms with Gasteiger partial charge >= 0.3 is 0 Å². The summed E-state index contributed by atoms with van der Waals surface area (Å²) in [5, 5.41) is 7.81. The molecule has 21 heavy (non-hydrogen) atoms. The van der Waals surface area contributed by atoms with Crippen molar-refractivity contribution in [2.45, 2.75) is 11.1 Å². The lowest BCUT2D eigenvalue weighted by Gasteiger charge is -2.18. The maximum absolute atomic E-state index is 12.5. The van der Waals surface area contributed by atoms with Gasteiger partial charge in [-0.1, -0.05) is 0 Å². The number of carbonyl (C=O) groups is 1. The average molecular weight is 306 g/mol. The molecule has 2 aromatic heterocycles. The smallest absolute Gasteiger partial charge is 0.254 e. The van der Waals surface area contributed by atoms with Gasteiger partial charge in [0.25, 0.3) is 5.91 Å². The lowest BCUT2D eigenvalue weighted by molar-refractivity contribution is 0.0888. The molecule has 2 rings (SSSR count). The number of hydrogen-bond donors (Lipinski definition) is 1. The monoisotopic (exact) mass is 306 g/mol. The topological polar surface area (TPSA) is 69.0 Å². The number of methoxy groups -OCH3 is 1. The third kappa shape index (κ3) is 3.62. The molecule has 1 N–H and O–H groups in total. The summed E-state index contributed by atoms with van der Waals surface area (Å²) in [5.41, 5.74) is 1.45. The fraction of sp³-hybridized carbons (Fsp3) is 0.357. The standard InChI is InChI=1S/C14H18N4O2S/c1-18-12(6-8-16-18)11(9-20-2)17-13(19)10-5-4-7-15-14(10)21-3/h4-8,11H,9H2,1-3H3,(H,17,19)/t11-/m1/s1. The summed E-state index contributed by atoms with van der Waals surface area (Å²) in [7, 11) is 3.44. The molecule has 2 aromatic rings. The minimum atomic E-state index is -0.259. The number of rotatable bonds is 6. The van der Waals surface area contributed by atoms with Gasteiger partial charge in [0.15, 0.2) is 0 Å². The molecule has 0 unspecified atom stereocenters. The third-order valence-electron chi connectivity index (χ3n) is 3.06. The Morgan fingerprint density at radius 3 is 2.90 bits per heavy atom. The number of hydrogen-bond acceptors (Lipinski definition) is 5. The average Bonchev–Trinajstić information content (AvgIpc) is 2.92. The fourth-order valence-electron chi connectivity index (χ4n) is 2.06. The Morgan fingerprint density at radius 2 is 2.29 bits per heavy atom. The van der Waals surface area contributed by atoms with E-state index in [0.29, 0.717) is 17.2 Å². The number of ether oxygens (including phenoxy) is 1. The van der Waals surface area contributed by atoms with Crippen LogP contribution in [-0.2, 0) is 11.8 Å². The van der Waals surface area contributed by atoms with Crippen LogP contribution >= 0.6 is 11.8 Å². The number of aromatic nitrogens is 3. The van der Waals surface area contributed by atoms with E-state index >= 15 is 0 Å². The van der Waals surface area contributed by atoms with Crippen LogP contribution in [0.1, 0.15) is 22.1 Å². The van der Waals surface area contributed by atoms with Crippen LogP contribution in [0.15, 0.2) is 35.6 Å². The van der Waals surface area contributed by atoms with Gasteiger partial charge in [0, 0.05) is 26.6 Å². The molecule has 0 aliphatic carbocycles. The molecule has 0 fully saturated rings. The predicted molar refractivity (Wildman–Crippen MR) is 81.3 cm³/mol. The maximum atomic E-state index is 12.5. The molecule has 1 atom stereocenters. The quantitative estimate of drug-likeness (QED) is 0.822. The second kappa shape index (κ2) is 7.24. The van der Waals surface area contributed by atoms with Gasteiger partial charge in [-0.15, -0.1) is 11.8 Å². The molecule has 0 aliphatic heterocycles. The van der Waals surface area contributed by atoms with Gasteiger partial charge in [-0.2, -0.15) is 5.10 Å². The summed E-state index contributed by atoms with van der Waals surface area (Å²) >= 11 is 1.44. The molecule has 0 spiro atoms. The summed E-state index contributed by atoms with van der Waals surface area (Å²) in [6.45, 7) is 0.375. The first-order valence-corrected chi connectivity index (χ1v) is 7.66. The Labute approximate surface area is 127 Å². The first-order valence-electron chi connectivity index (χ1n) is 6.44. The van der Waals surface area contributed by atoms with Gasteiger partial charge in [-0.25, -0.2) is 4.98 Å². The predicted octanol–water partition coefficient (Wildman–Crippen LogP) is 1.65. The Morgan fingerprint density at radius 1 is 1.48 bits per heavy atom. The van der Waals surface area contributed by atoms with Crippen molar-refractivity contribution < 1.29 is 9.53 Å². The SMILES string of the molecule is COC[C@@H](NC(=O)c1cccnc1SC)c1ccnn1C. The molecule has 0 saturated carbocycles. The van der Waals surface area contributed by atoms with E-state index in [1.807, 2.05) is 19.4 Å². The maximum Gasteiger partial charge on any atom is 0.254 e. The van der Waals surface area contributed by atoms with Crippen molar-refractivity contribution in [1.29, 1.82) is 0 Å². The summed E-state index contributed by atoms with van der Waals surface area (Å²) in [5.74, 6) is -0.171. The summed E-state index contributed by atoms with van der Waals surface area (Å²) in [6.07, 6.45) is 5.27. The number of nitrogens with zero attached hydrogens (tertiary/aromatic N) is 3. The van der Waals surface area contributed by atoms with Crippen LogP contribution in [0.2, 0.25) is 0 Å². The number of nitrogens with one attached hydrogen (secondary N) is 1. The normalized spacial score (nSPS) is 12.1. The Bertz CT molecular complexity index is 615. The Kier molecular flexibility index (Phi) is 5.35. The highest BCUT2D eigenvalue weighted by Crippen LogP contribution is 2.19. The zero-order chi connectivity index (χ0) is 15.2. The summed E-state index contributed by atoms with van der Waals surface area (Å²) < 4.78 is 6.92. The molecule has 2 heterocycles. The van der Waals surface area contributed by atoms with Crippen molar-refractivity contribution in [3.05, 3.63) is 41.9 Å². The van der Waals surface area contributed by atoms with Crippen LogP contribution in [0, 0.1) is 0 Å². The van der Waals surface area contributed by atoms with Crippen molar-refractivity contribution in [3.63, 3.8) is 0 Å². The van der Waals surface area contributed by atoms with E-state index in [2.05, 4.69) is 15.4 Å². The van der Waals surface area contributed by atoms with E-state index in [-0.39, 0.29) is 11.9 Å². The van der Waals surface area contributed by atoms with Gasteiger partial charge in [0.1, 0.15) is 5.03 Å². The van der Waals surface area contributed by atoms with Gasteiger partial charge in [0.2, 0.25) is 0 Å². The molecule has 0 saturated heterocycles. The minimum Gasteiger partial charge on any atom is -0.382 e. The number of carbonyl (C=O) groups excluding carboxylic acids is 1. The molecule has 6 nitrogen and oxygen atoms in total. The summed E-state index contributed by atoms with van der Waals surface area (Å²) in [4.78, 5) is 16.7. The number of thioether (sulfide) groups is 1. The zero-order valence-corrected chi connectivity index (χ0v) is 13.1. The van der Waals surface area contributed by atoms with Gasteiger partial charge in [0.05, 0.1) is 23.9 Å². The highest BCUT2D eigenvalue weighted by Gasteiger charge is 2.20. The molecule has 0 aromatic carbocycles. The Balaban J connectivity index is 2.21. The first-order chi connectivity index (χ1) is 10.2. The molecule has 0 aliphatic rings. The lowest BCUT2D eigenvalue weighted by atomic mass is 10.2. The number of pyridine rings is 1. The van der Waals surface area contributed by atoms with Gasteiger partial charge < -0.3 is 10.1 Å². The molecule has 0 bridgehead atoms. The number of amides is 1. The molecular formula is C14H18N4O2S. The second-order valence-corrected chi connectivity index (χ2v) is 5.22. The third-order valence-corrected chi connectivity index (χ3v) is 3.78. The van der Waals surface area contributed by atoms with Crippen molar-refractivity contribution in [2.24, 2.45) is 7.05 Å². The van der Waals surface area contributed by atoms with Crippen LogP contribution in [0.3, 0.4) is 0 Å². The van der Waals surface area contributed by atoms with Crippen LogP contribution in [-0.4, -0.2) is 40.6 Å². The minimum absolute atomic E-state index is 0.171. The second-order valence-electron chi connectivity index (χ2n) is 4.42. The van der Waals surface area contributed by atoms with E-state index in [0.717, 1.165) is 5.69 Å². The largest absolute Gasteiger partial charge is 0.382 e. The molecule has 112 valence electrons. The van der Waals surface area contributed by atoms with E-state index in [9.17, 15) is 4.79 Å².